The number of guanidine groups is 1. The highest BCUT2D eigenvalue weighted by Gasteiger charge is 2.34. The summed E-state index contributed by atoms with van der Waals surface area (Å²) in [6.07, 6.45) is 0.240. The Morgan fingerprint density at radius 2 is 2.06 bits per heavy atom. The van der Waals surface area contributed by atoms with Crippen LogP contribution < -0.4 is 15.5 Å². The Morgan fingerprint density at radius 1 is 1.29 bits per heavy atom. The molecular formula is C18H24F3IN8O. The van der Waals surface area contributed by atoms with E-state index in [0.717, 1.165) is 11.8 Å². The van der Waals surface area contributed by atoms with Crippen molar-refractivity contribution in [2.45, 2.75) is 6.18 Å². The Morgan fingerprint density at radius 3 is 2.68 bits per heavy atom. The zero-order valence-electron chi connectivity index (χ0n) is 17.1. The molecule has 1 saturated heterocycles. The van der Waals surface area contributed by atoms with Gasteiger partial charge in [-0.2, -0.15) is 18.3 Å². The maximum absolute atomic E-state index is 13.0. The highest BCUT2D eigenvalue weighted by atomic mass is 127. The maximum Gasteiger partial charge on any atom is 0.419 e. The van der Waals surface area contributed by atoms with Gasteiger partial charge in [0, 0.05) is 52.7 Å². The van der Waals surface area contributed by atoms with Crippen LogP contribution >= 0.6 is 24.0 Å². The standard InChI is InChI=1S/C18H23F3N8O.HI/c1-22-17(25-7-6-24-16-14(18(19,20)21)4-3-5-23-16)28-8-9-29(15(30)12-28)13-10-26-27(2)11-13;/h3-5,10-11H,6-9,12H2,1-2H3,(H,22,25)(H,23,24);1H. The molecule has 170 valence electrons. The van der Waals surface area contributed by atoms with Gasteiger partial charge >= 0.3 is 6.18 Å². The molecule has 3 heterocycles. The van der Waals surface area contributed by atoms with Gasteiger partial charge in [-0.15, -0.1) is 24.0 Å². The average molecular weight is 552 g/mol. The van der Waals surface area contributed by atoms with Crippen molar-refractivity contribution in [2.75, 3.05) is 50.0 Å². The number of anilines is 2. The van der Waals surface area contributed by atoms with Crippen molar-refractivity contribution in [2.24, 2.45) is 12.0 Å². The zero-order valence-corrected chi connectivity index (χ0v) is 19.4. The molecule has 0 aliphatic carbocycles. The van der Waals surface area contributed by atoms with Crippen LogP contribution in [0.5, 0.6) is 0 Å². The fraction of sp³-hybridized carbons (Fsp3) is 0.444. The van der Waals surface area contributed by atoms with Crippen LogP contribution in [-0.4, -0.2) is 71.3 Å². The molecule has 0 atom stereocenters. The van der Waals surface area contributed by atoms with E-state index in [1.165, 1.54) is 12.3 Å². The number of halogens is 4. The largest absolute Gasteiger partial charge is 0.419 e. The van der Waals surface area contributed by atoms with E-state index in [9.17, 15) is 18.0 Å². The number of aryl methyl sites for hydroxylation is 1. The molecule has 1 amide bonds. The van der Waals surface area contributed by atoms with Crippen LogP contribution in [0.3, 0.4) is 0 Å². The highest BCUT2D eigenvalue weighted by molar-refractivity contribution is 14.0. The number of pyridine rings is 1. The first-order valence-electron chi connectivity index (χ1n) is 9.30. The predicted molar refractivity (Wildman–Crippen MR) is 122 cm³/mol. The first kappa shape index (κ1) is 24.7. The van der Waals surface area contributed by atoms with Crippen LogP contribution in [0.15, 0.2) is 35.7 Å². The minimum atomic E-state index is -4.48. The molecule has 2 N–H and O–H groups in total. The summed E-state index contributed by atoms with van der Waals surface area (Å²) in [5, 5.41) is 9.84. The average Bonchev–Trinajstić information content (AvgIpc) is 3.13. The summed E-state index contributed by atoms with van der Waals surface area (Å²) in [4.78, 5) is 23.9. The van der Waals surface area contributed by atoms with Gasteiger partial charge in [0.15, 0.2) is 5.96 Å². The van der Waals surface area contributed by atoms with Crippen LogP contribution in [-0.2, 0) is 18.0 Å². The lowest BCUT2D eigenvalue weighted by atomic mass is 10.2. The number of hydrogen-bond acceptors (Lipinski definition) is 5. The van der Waals surface area contributed by atoms with Gasteiger partial charge in [-0.1, -0.05) is 0 Å². The Kier molecular flexibility index (Phi) is 8.47. The molecule has 0 aromatic carbocycles. The third-order valence-electron chi connectivity index (χ3n) is 4.55. The molecule has 1 aliphatic rings. The summed E-state index contributed by atoms with van der Waals surface area (Å²) in [7, 11) is 3.38. The number of aromatic nitrogens is 3. The number of nitrogens with one attached hydrogen (secondary N) is 2. The molecule has 0 radical (unpaired) electrons. The van der Waals surface area contributed by atoms with Crippen molar-refractivity contribution in [1.82, 2.24) is 25.0 Å². The zero-order chi connectivity index (χ0) is 21.7. The van der Waals surface area contributed by atoms with Crippen molar-refractivity contribution < 1.29 is 18.0 Å². The monoisotopic (exact) mass is 552 g/mol. The van der Waals surface area contributed by atoms with Crippen molar-refractivity contribution >= 4 is 47.3 Å². The molecule has 31 heavy (non-hydrogen) atoms. The van der Waals surface area contributed by atoms with Crippen LogP contribution in [0.2, 0.25) is 0 Å². The summed E-state index contributed by atoms with van der Waals surface area (Å²) in [5.74, 6) is 0.203. The number of carbonyl (C=O) groups excluding carboxylic acids is 1. The van der Waals surface area contributed by atoms with Gasteiger partial charge < -0.3 is 20.4 Å². The lowest BCUT2D eigenvalue weighted by molar-refractivity contribution is -0.137. The molecule has 2 aromatic heterocycles. The summed E-state index contributed by atoms with van der Waals surface area (Å²) < 4.78 is 40.7. The molecule has 2 aromatic rings. The topological polar surface area (TPSA) is 90.7 Å². The fourth-order valence-electron chi connectivity index (χ4n) is 3.14. The summed E-state index contributed by atoms with van der Waals surface area (Å²) >= 11 is 0. The van der Waals surface area contributed by atoms with Crippen molar-refractivity contribution in [1.29, 1.82) is 0 Å². The van der Waals surface area contributed by atoms with E-state index in [0.29, 0.717) is 25.6 Å². The Hall–Kier alpha value is -2.58. The number of aliphatic imine (C=N–C) groups is 1. The van der Waals surface area contributed by atoms with E-state index >= 15 is 0 Å². The van der Waals surface area contributed by atoms with Gasteiger partial charge in [0.05, 0.1) is 17.4 Å². The molecule has 0 saturated carbocycles. The number of nitrogens with zero attached hydrogens (tertiary/aromatic N) is 6. The highest BCUT2D eigenvalue weighted by Crippen LogP contribution is 2.33. The van der Waals surface area contributed by atoms with Gasteiger partial charge in [0.2, 0.25) is 5.91 Å². The molecule has 13 heteroatoms. The molecule has 0 unspecified atom stereocenters. The van der Waals surface area contributed by atoms with Crippen molar-refractivity contribution in [3.63, 3.8) is 0 Å². The minimum absolute atomic E-state index is 0. The van der Waals surface area contributed by atoms with Gasteiger partial charge in [-0.3, -0.25) is 14.5 Å². The van der Waals surface area contributed by atoms with Crippen molar-refractivity contribution in [3.8, 4) is 0 Å². The number of carbonyl (C=O) groups is 1. The second-order valence-corrected chi connectivity index (χ2v) is 6.64. The number of piperazine rings is 1. The summed E-state index contributed by atoms with van der Waals surface area (Å²) in [6, 6.07) is 2.23. The third-order valence-corrected chi connectivity index (χ3v) is 4.55. The first-order valence-corrected chi connectivity index (χ1v) is 9.30. The third kappa shape index (κ3) is 6.21. The quantitative estimate of drug-likeness (QED) is 0.255. The van der Waals surface area contributed by atoms with E-state index in [2.05, 4.69) is 25.7 Å². The van der Waals surface area contributed by atoms with Crippen LogP contribution in [0.25, 0.3) is 0 Å². The Bertz CT molecular complexity index is 917. The SMILES string of the molecule is CN=C(NCCNc1ncccc1C(F)(F)F)N1CCN(c2cnn(C)c2)C(=O)C1.I. The normalized spacial score (nSPS) is 15.0. The van der Waals surface area contributed by atoms with Crippen molar-refractivity contribution in [3.05, 3.63) is 36.3 Å². The number of hydrogen-bond donors (Lipinski definition) is 2. The molecule has 1 fully saturated rings. The van der Waals surface area contributed by atoms with Gasteiger partial charge in [0.25, 0.3) is 0 Å². The fourth-order valence-corrected chi connectivity index (χ4v) is 3.14. The van der Waals surface area contributed by atoms with Gasteiger partial charge in [-0.05, 0) is 12.1 Å². The van der Waals surface area contributed by atoms with E-state index in [1.54, 1.807) is 41.0 Å². The lowest BCUT2D eigenvalue weighted by Crippen LogP contribution is -2.55. The minimum Gasteiger partial charge on any atom is -0.368 e. The lowest BCUT2D eigenvalue weighted by Gasteiger charge is -2.35. The van der Waals surface area contributed by atoms with Gasteiger partial charge in [-0.25, -0.2) is 4.98 Å². The van der Waals surface area contributed by atoms with E-state index in [4.69, 9.17) is 0 Å². The summed E-state index contributed by atoms with van der Waals surface area (Å²) in [6.45, 7) is 1.68. The second-order valence-electron chi connectivity index (χ2n) is 6.64. The maximum atomic E-state index is 13.0. The molecule has 0 spiro atoms. The molecule has 0 bridgehead atoms. The Balaban J connectivity index is 0.00000341. The number of rotatable bonds is 5. The first-order chi connectivity index (χ1) is 14.3. The van der Waals surface area contributed by atoms with Gasteiger partial charge in [0.1, 0.15) is 12.4 Å². The number of amides is 1. The molecule has 1 aliphatic heterocycles. The number of alkyl halides is 3. The predicted octanol–water partition coefficient (Wildman–Crippen LogP) is 1.79. The van der Waals surface area contributed by atoms with E-state index in [1.807, 2.05) is 0 Å². The molecule has 3 rings (SSSR count). The van der Waals surface area contributed by atoms with Crippen LogP contribution in [0.1, 0.15) is 5.56 Å². The summed E-state index contributed by atoms with van der Waals surface area (Å²) in [5.41, 5.74) is -0.0726. The van der Waals surface area contributed by atoms with Crippen LogP contribution in [0, 0.1) is 0 Å². The second kappa shape index (κ2) is 10.6. The van der Waals surface area contributed by atoms with E-state index < -0.39 is 11.7 Å². The smallest absolute Gasteiger partial charge is 0.368 e. The Labute approximate surface area is 194 Å². The molecule has 9 nitrogen and oxygen atoms in total. The van der Waals surface area contributed by atoms with Crippen LogP contribution in [0.4, 0.5) is 24.7 Å². The molecular weight excluding hydrogens is 528 g/mol. The van der Waals surface area contributed by atoms with E-state index in [-0.39, 0.29) is 48.8 Å².